The minimum atomic E-state index is -5.45. The Labute approximate surface area is 190 Å². The molecule has 3 rings (SSSR count). The molecule has 1 aliphatic heterocycles. The van der Waals surface area contributed by atoms with Crippen LogP contribution in [0.1, 0.15) is 6.23 Å². The molecule has 3 heterocycles. The summed E-state index contributed by atoms with van der Waals surface area (Å²) >= 11 is 0. The first kappa shape index (κ1) is 27.5. The Kier molecular flexibility index (Phi) is 8.46. The molecule has 1 radical (unpaired) electrons. The molecule has 1 saturated heterocycles. The van der Waals surface area contributed by atoms with Crippen molar-refractivity contribution in [3.63, 3.8) is 0 Å². The van der Waals surface area contributed by atoms with Gasteiger partial charge in [-0.2, -0.15) is 4.31 Å². The number of nitrogens with two attached hydrogens (primary N) is 1. The maximum atomic E-state index is 11.8. The van der Waals surface area contributed by atoms with Gasteiger partial charge >= 0.3 is 23.3 Å². The van der Waals surface area contributed by atoms with Crippen molar-refractivity contribution >= 4 is 59.2 Å². The van der Waals surface area contributed by atoms with Gasteiger partial charge in [-0.15, -0.1) is 4.86 Å². The summed E-state index contributed by atoms with van der Waals surface area (Å²) in [5.74, 6) is 0.0485. The number of anilines is 1. The molecule has 1 fully saturated rings. The summed E-state index contributed by atoms with van der Waals surface area (Å²) in [5.41, 5.74) is 6.02. The fraction of sp³-hybridized carbons (Fsp3) is 0.500. The van der Waals surface area contributed by atoms with Crippen LogP contribution in [-0.2, 0) is 27.3 Å². The predicted octanol–water partition coefficient (Wildman–Crippen LogP) is -2.44. The molecule has 9 N–H and O–H groups in total. The average molecular weight is 513 g/mol. The smallest absolute Gasteiger partial charge is 0.387 e. The second-order valence-corrected chi connectivity index (χ2v) is 10.9. The summed E-state index contributed by atoms with van der Waals surface area (Å²) in [4.78, 5) is 48.5. The third-order valence-corrected chi connectivity index (χ3v) is 8.11. The van der Waals surface area contributed by atoms with Crippen molar-refractivity contribution in [1.82, 2.24) is 24.4 Å². The van der Waals surface area contributed by atoms with Gasteiger partial charge in [0.25, 0.3) is 0 Å². The molecular weight excluding hydrogens is 496 g/mol. The normalized spacial score (nSPS) is 27.6. The van der Waals surface area contributed by atoms with Crippen LogP contribution in [0.15, 0.2) is 12.7 Å². The molecule has 0 spiro atoms. The van der Waals surface area contributed by atoms with E-state index < -0.39 is 54.5 Å². The van der Waals surface area contributed by atoms with Crippen LogP contribution in [0.25, 0.3) is 11.2 Å². The van der Waals surface area contributed by atoms with E-state index in [9.17, 15) is 33.7 Å². The Morgan fingerprint density at radius 2 is 1.78 bits per heavy atom. The number of nitrogen functional groups attached to an aromatic ring is 1. The number of aliphatic hydroxyl groups excluding tert-OH is 2. The summed E-state index contributed by atoms with van der Waals surface area (Å²) in [6.45, 7) is -0.928. The van der Waals surface area contributed by atoms with Gasteiger partial charge in [0.05, 0.1) is 12.9 Å². The second kappa shape index (κ2) is 9.85. The van der Waals surface area contributed by atoms with Crippen LogP contribution in [0, 0.1) is 0 Å². The van der Waals surface area contributed by atoms with E-state index in [-0.39, 0.29) is 35.8 Å². The number of nitrogens with one attached hydrogen (secondary N) is 1. The number of aliphatic hydroxyl groups is 2. The van der Waals surface area contributed by atoms with Crippen molar-refractivity contribution < 1.29 is 57.1 Å². The van der Waals surface area contributed by atoms with Crippen LogP contribution < -0.4 is 10.6 Å². The van der Waals surface area contributed by atoms with Crippen molar-refractivity contribution in [3.05, 3.63) is 12.7 Å². The van der Waals surface area contributed by atoms with Gasteiger partial charge in [-0.3, -0.25) is 9.09 Å². The number of imidazole rings is 1. The van der Waals surface area contributed by atoms with E-state index in [1.54, 1.807) is 0 Å². The summed E-state index contributed by atoms with van der Waals surface area (Å²) in [6.07, 6.45) is -3.62. The molecule has 6 atom stereocenters. The molecule has 0 aromatic carbocycles. The monoisotopic (exact) mass is 513 g/mol. The van der Waals surface area contributed by atoms with Crippen LogP contribution in [-0.4, -0.2) is 93.1 Å². The van der Waals surface area contributed by atoms with E-state index in [4.69, 9.17) is 20.3 Å². The Morgan fingerprint density at radius 3 is 2.41 bits per heavy atom. The maximum absolute atomic E-state index is 11.8. The van der Waals surface area contributed by atoms with E-state index in [1.165, 1.54) is 10.9 Å². The number of phosphoric ester groups is 1. The number of hydrogen-bond acceptors (Lipinski definition) is 12. The molecule has 18 nitrogen and oxygen atoms in total. The number of hydrogen-bond donors (Lipinski definition) is 8. The Bertz CT molecular complexity index is 1110. The number of ether oxygens (including phenoxy) is 1. The Hall–Kier alpha value is -0.763. The van der Waals surface area contributed by atoms with E-state index >= 15 is 0 Å². The standard InChI is InChI=1S/C10H17N6O12P3.Li/c11-8-5-9(13-2-12-8)16(3-14-5)10-7(18)6(17)4(27-10)1-26-31(24,25)28-30(22,23)15-29(19,20)21;/h2-4,6-7,10,17-18H,1H2,(H,24,25)(H2,11,12,13)(H4,15,19,20,21,22,23);/t4-,6-,7-,10-;/m1./s1. The van der Waals surface area contributed by atoms with Crippen LogP contribution in [0.4, 0.5) is 5.82 Å². The minimum absolute atomic E-state index is 0. The fourth-order valence-corrected chi connectivity index (χ4v) is 6.10. The summed E-state index contributed by atoms with van der Waals surface area (Å²) in [7, 11) is -16.1. The zero-order chi connectivity index (χ0) is 23.2. The van der Waals surface area contributed by atoms with Gasteiger partial charge in [0.15, 0.2) is 17.7 Å². The number of phosphoric acid groups is 1. The molecule has 2 unspecified atom stereocenters. The van der Waals surface area contributed by atoms with E-state index in [2.05, 4.69) is 23.8 Å². The molecule has 2 aromatic heterocycles. The molecule has 0 aliphatic carbocycles. The molecule has 175 valence electrons. The van der Waals surface area contributed by atoms with Gasteiger partial charge in [0.1, 0.15) is 30.2 Å². The SMILES string of the molecule is Nc1ncnc2c1ncn2[C@@H]1O[C@H](COP(=O)(O)OP(=O)(O)NP(=O)(O)O)[C@@H](O)[C@H]1O.[Li]. The number of nitrogens with zero attached hydrogens (tertiary/aromatic N) is 4. The third-order valence-electron chi connectivity index (χ3n) is 3.87. The maximum Gasteiger partial charge on any atom is 0.480 e. The molecule has 22 heteroatoms. The van der Waals surface area contributed by atoms with Gasteiger partial charge in [-0.05, 0) is 0 Å². The fourth-order valence-electron chi connectivity index (χ4n) is 2.67. The molecule has 0 amide bonds. The molecule has 0 bridgehead atoms. The van der Waals surface area contributed by atoms with Gasteiger partial charge in [0, 0.05) is 18.9 Å². The first-order chi connectivity index (χ1) is 14.2. The van der Waals surface area contributed by atoms with Crippen LogP contribution in [0.5, 0.6) is 0 Å². The van der Waals surface area contributed by atoms with Crippen molar-refractivity contribution in [2.75, 3.05) is 12.3 Å². The quantitative estimate of drug-likeness (QED) is 0.134. The predicted molar refractivity (Wildman–Crippen MR) is 103 cm³/mol. The van der Waals surface area contributed by atoms with E-state index in [0.29, 0.717) is 0 Å². The Morgan fingerprint density at radius 1 is 1.12 bits per heavy atom. The van der Waals surface area contributed by atoms with Crippen LogP contribution >= 0.6 is 23.3 Å². The number of rotatable bonds is 8. The van der Waals surface area contributed by atoms with Crippen LogP contribution in [0.2, 0.25) is 0 Å². The largest absolute Gasteiger partial charge is 0.480 e. The van der Waals surface area contributed by atoms with Crippen molar-refractivity contribution in [1.29, 1.82) is 0 Å². The average Bonchev–Trinajstić information content (AvgIpc) is 3.13. The molecule has 32 heavy (non-hydrogen) atoms. The first-order valence-electron chi connectivity index (χ1n) is 8.00. The second-order valence-electron chi connectivity index (χ2n) is 6.14. The zero-order valence-corrected chi connectivity index (χ0v) is 18.7. The van der Waals surface area contributed by atoms with Gasteiger partial charge in [0.2, 0.25) is 0 Å². The Balaban J connectivity index is 0.00000363. The summed E-state index contributed by atoms with van der Waals surface area (Å²) < 4.78 is 48.9. The minimum Gasteiger partial charge on any atom is -0.387 e. The van der Waals surface area contributed by atoms with E-state index in [0.717, 1.165) is 11.2 Å². The summed E-state index contributed by atoms with van der Waals surface area (Å²) in [5, 5.41) is 20.4. The van der Waals surface area contributed by atoms with Gasteiger partial charge < -0.3 is 40.3 Å². The van der Waals surface area contributed by atoms with Crippen molar-refractivity contribution in [3.8, 4) is 0 Å². The molecule has 1 aliphatic rings. The van der Waals surface area contributed by atoms with Crippen LogP contribution in [0.3, 0.4) is 0 Å². The van der Waals surface area contributed by atoms with E-state index in [1.807, 2.05) is 0 Å². The third kappa shape index (κ3) is 6.42. The first-order valence-corrected chi connectivity index (χ1v) is 12.7. The summed E-state index contributed by atoms with van der Waals surface area (Å²) in [6, 6.07) is 0. The topological polar surface area (TPSA) is 282 Å². The van der Waals surface area contributed by atoms with Gasteiger partial charge in [-0.25, -0.2) is 28.6 Å². The molecular formula is C10H17LiN6O12P3. The zero-order valence-electron chi connectivity index (χ0n) is 16.0. The van der Waals surface area contributed by atoms with Gasteiger partial charge in [-0.1, -0.05) is 0 Å². The van der Waals surface area contributed by atoms with Crippen molar-refractivity contribution in [2.45, 2.75) is 24.5 Å². The molecule has 2 aromatic rings. The van der Waals surface area contributed by atoms with Crippen molar-refractivity contribution in [2.24, 2.45) is 0 Å². The number of fused-ring (bicyclic) bond motifs is 1. The number of aromatic nitrogens is 4. The molecule has 0 saturated carbocycles.